The molecule has 0 spiro atoms. The normalized spacial score (nSPS) is 9.73. The second kappa shape index (κ2) is 4.04. The zero-order valence-corrected chi connectivity index (χ0v) is 8.40. The number of carboxylic acids is 1. The fraction of sp³-hybridized carbons (Fsp3) is 0.182. The van der Waals surface area contributed by atoms with Gasteiger partial charge in [-0.05, 0) is 32.0 Å². The van der Waals surface area contributed by atoms with Crippen molar-refractivity contribution >= 4 is 17.5 Å². The second-order valence-corrected chi connectivity index (χ2v) is 3.22. The van der Waals surface area contributed by atoms with Crippen molar-refractivity contribution in [1.29, 1.82) is 0 Å². The summed E-state index contributed by atoms with van der Waals surface area (Å²) < 4.78 is 0. The summed E-state index contributed by atoms with van der Waals surface area (Å²) in [4.78, 5) is 32.9. The van der Waals surface area contributed by atoms with E-state index in [2.05, 4.69) is 0 Å². The number of hydrogen-bond donors (Lipinski definition) is 1. The molecule has 0 unspecified atom stereocenters. The highest BCUT2D eigenvalue weighted by Crippen LogP contribution is 2.12. The first kappa shape index (κ1) is 11.1. The van der Waals surface area contributed by atoms with Crippen LogP contribution in [0.15, 0.2) is 18.2 Å². The third kappa shape index (κ3) is 2.49. The fourth-order valence-corrected chi connectivity index (χ4v) is 1.16. The van der Waals surface area contributed by atoms with E-state index >= 15 is 0 Å². The molecule has 0 aromatic heterocycles. The van der Waals surface area contributed by atoms with Crippen molar-refractivity contribution in [2.24, 2.45) is 0 Å². The maximum atomic E-state index is 11.1. The number of aromatic carboxylic acids is 1. The van der Waals surface area contributed by atoms with Gasteiger partial charge in [-0.1, -0.05) is 0 Å². The van der Waals surface area contributed by atoms with E-state index in [1.165, 1.54) is 32.0 Å². The summed E-state index contributed by atoms with van der Waals surface area (Å²) in [6.45, 7) is 2.65. The minimum absolute atomic E-state index is 0.0482. The van der Waals surface area contributed by atoms with E-state index in [1.54, 1.807) is 0 Å². The van der Waals surface area contributed by atoms with Crippen LogP contribution in [0.25, 0.3) is 0 Å². The van der Waals surface area contributed by atoms with Crippen LogP contribution in [0, 0.1) is 0 Å². The molecule has 78 valence electrons. The molecule has 1 aromatic carbocycles. The number of rotatable bonds is 3. The van der Waals surface area contributed by atoms with Crippen LogP contribution in [-0.4, -0.2) is 22.6 Å². The Hall–Kier alpha value is -1.97. The molecule has 0 saturated heterocycles. The molecule has 0 aliphatic rings. The molecule has 0 heterocycles. The van der Waals surface area contributed by atoms with Crippen molar-refractivity contribution in [2.75, 3.05) is 0 Å². The molecule has 0 bridgehead atoms. The molecule has 1 aromatic rings. The topological polar surface area (TPSA) is 71.4 Å². The summed E-state index contributed by atoms with van der Waals surface area (Å²) in [5.41, 5.74) is 0.424. The van der Waals surface area contributed by atoms with Gasteiger partial charge in [0.15, 0.2) is 11.6 Å². The highest BCUT2D eigenvalue weighted by molar-refractivity contribution is 6.02. The SMILES string of the molecule is CC(=O)c1cc(C(C)=O)cc(C(=O)O)c1. The summed E-state index contributed by atoms with van der Waals surface area (Å²) in [7, 11) is 0. The van der Waals surface area contributed by atoms with Crippen molar-refractivity contribution in [3.05, 3.63) is 34.9 Å². The van der Waals surface area contributed by atoms with Crippen LogP contribution < -0.4 is 0 Å². The third-order valence-corrected chi connectivity index (χ3v) is 1.99. The Morgan fingerprint density at radius 2 is 1.20 bits per heavy atom. The van der Waals surface area contributed by atoms with Gasteiger partial charge < -0.3 is 5.11 Å². The summed E-state index contributed by atoms with van der Waals surface area (Å²) in [5, 5.41) is 8.77. The van der Waals surface area contributed by atoms with E-state index in [0.29, 0.717) is 0 Å². The lowest BCUT2D eigenvalue weighted by molar-refractivity contribution is 0.0697. The Bertz CT molecular complexity index is 367. The van der Waals surface area contributed by atoms with Gasteiger partial charge in [-0.25, -0.2) is 4.79 Å². The molecule has 1 rings (SSSR count). The van der Waals surface area contributed by atoms with E-state index in [4.69, 9.17) is 5.11 Å². The van der Waals surface area contributed by atoms with Gasteiger partial charge in [-0.15, -0.1) is 0 Å². The van der Waals surface area contributed by atoms with Crippen LogP contribution in [-0.2, 0) is 0 Å². The smallest absolute Gasteiger partial charge is 0.335 e. The van der Waals surface area contributed by atoms with Crippen molar-refractivity contribution in [3.8, 4) is 0 Å². The van der Waals surface area contributed by atoms with Crippen molar-refractivity contribution in [2.45, 2.75) is 13.8 Å². The second-order valence-electron chi connectivity index (χ2n) is 3.22. The molecule has 0 atom stereocenters. The predicted octanol–water partition coefficient (Wildman–Crippen LogP) is 1.79. The van der Waals surface area contributed by atoms with Crippen LogP contribution >= 0.6 is 0 Å². The average Bonchev–Trinajstić information content (AvgIpc) is 2.16. The van der Waals surface area contributed by atoms with Crippen LogP contribution in [0.2, 0.25) is 0 Å². The standard InChI is InChI=1S/C11H10O4/c1-6(12)8-3-9(7(2)13)5-10(4-8)11(14)15/h3-5H,1-2H3,(H,14,15). The number of hydrogen-bond acceptors (Lipinski definition) is 3. The first-order valence-electron chi connectivity index (χ1n) is 4.32. The molecule has 4 heteroatoms. The van der Waals surface area contributed by atoms with Crippen LogP contribution in [0.1, 0.15) is 44.9 Å². The summed E-state index contributed by atoms with van der Waals surface area (Å²) >= 11 is 0. The Labute approximate surface area is 86.5 Å². The molecule has 0 amide bonds. The molecule has 0 aliphatic carbocycles. The van der Waals surface area contributed by atoms with Gasteiger partial charge in [-0.2, -0.15) is 0 Å². The summed E-state index contributed by atoms with van der Waals surface area (Å²) in [6, 6.07) is 3.92. The first-order chi connectivity index (χ1) is 6.91. The Kier molecular flexibility index (Phi) is 2.99. The van der Waals surface area contributed by atoms with E-state index in [1.807, 2.05) is 0 Å². The van der Waals surface area contributed by atoms with Gasteiger partial charge in [0.1, 0.15) is 0 Å². The number of ketones is 2. The lowest BCUT2D eigenvalue weighted by Crippen LogP contribution is -2.04. The predicted molar refractivity (Wildman–Crippen MR) is 53.4 cm³/mol. The Morgan fingerprint density at radius 1 is 0.867 bits per heavy atom. The van der Waals surface area contributed by atoms with E-state index in [9.17, 15) is 14.4 Å². The summed E-state index contributed by atoms with van der Waals surface area (Å²) in [5.74, 6) is -1.68. The van der Waals surface area contributed by atoms with E-state index in [-0.39, 0.29) is 28.3 Å². The van der Waals surface area contributed by atoms with Gasteiger partial charge in [0.05, 0.1) is 5.56 Å². The van der Waals surface area contributed by atoms with Crippen molar-refractivity contribution in [1.82, 2.24) is 0 Å². The number of benzene rings is 1. The van der Waals surface area contributed by atoms with Crippen LogP contribution in [0.5, 0.6) is 0 Å². The molecule has 15 heavy (non-hydrogen) atoms. The average molecular weight is 206 g/mol. The zero-order valence-electron chi connectivity index (χ0n) is 8.40. The maximum Gasteiger partial charge on any atom is 0.335 e. The zero-order chi connectivity index (χ0) is 11.6. The van der Waals surface area contributed by atoms with Gasteiger partial charge >= 0.3 is 5.97 Å². The monoisotopic (exact) mass is 206 g/mol. The highest BCUT2D eigenvalue weighted by atomic mass is 16.4. The first-order valence-corrected chi connectivity index (χ1v) is 4.32. The van der Waals surface area contributed by atoms with Gasteiger partial charge in [0.25, 0.3) is 0 Å². The molecule has 0 radical (unpaired) electrons. The number of Topliss-reactive ketones (excluding diaryl/α,β-unsaturated/α-hetero) is 2. The molecule has 0 fully saturated rings. The van der Waals surface area contributed by atoms with Crippen LogP contribution in [0.4, 0.5) is 0 Å². The maximum absolute atomic E-state index is 11.1. The van der Waals surface area contributed by atoms with Gasteiger partial charge in [-0.3, -0.25) is 9.59 Å². The number of carbonyl (C=O) groups is 3. The minimum atomic E-state index is -1.15. The van der Waals surface area contributed by atoms with Crippen molar-refractivity contribution < 1.29 is 19.5 Å². The molecule has 4 nitrogen and oxygen atoms in total. The van der Waals surface area contributed by atoms with E-state index < -0.39 is 5.97 Å². The van der Waals surface area contributed by atoms with Crippen LogP contribution in [0.3, 0.4) is 0 Å². The number of carboxylic acid groups (broad SMARTS) is 1. The minimum Gasteiger partial charge on any atom is -0.478 e. The Morgan fingerprint density at radius 3 is 1.47 bits per heavy atom. The van der Waals surface area contributed by atoms with Crippen molar-refractivity contribution in [3.63, 3.8) is 0 Å². The molecule has 0 aliphatic heterocycles. The summed E-state index contributed by atoms with van der Waals surface area (Å²) in [6.07, 6.45) is 0. The third-order valence-electron chi connectivity index (χ3n) is 1.99. The molecule has 1 N–H and O–H groups in total. The lowest BCUT2D eigenvalue weighted by Gasteiger charge is -2.02. The quantitative estimate of drug-likeness (QED) is 0.765. The number of carbonyl (C=O) groups excluding carboxylic acids is 2. The largest absolute Gasteiger partial charge is 0.478 e. The van der Waals surface area contributed by atoms with Gasteiger partial charge in [0.2, 0.25) is 0 Å². The fourth-order valence-electron chi connectivity index (χ4n) is 1.16. The Balaban J connectivity index is 3.39. The molecular formula is C11H10O4. The van der Waals surface area contributed by atoms with Gasteiger partial charge in [0, 0.05) is 11.1 Å². The molecule has 0 saturated carbocycles. The van der Waals surface area contributed by atoms with E-state index in [0.717, 1.165) is 0 Å². The highest BCUT2D eigenvalue weighted by Gasteiger charge is 2.11. The lowest BCUT2D eigenvalue weighted by atomic mass is 10.0. The molecular weight excluding hydrogens is 196 g/mol.